The molecule has 1 fully saturated rings. The van der Waals surface area contributed by atoms with E-state index in [9.17, 15) is 4.79 Å². The van der Waals surface area contributed by atoms with Crippen LogP contribution in [0, 0.1) is 0 Å². The van der Waals surface area contributed by atoms with Gasteiger partial charge in [-0.25, -0.2) is 0 Å². The van der Waals surface area contributed by atoms with Gasteiger partial charge in [-0.15, -0.1) is 0 Å². The van der Waals surface area contributed by atoms with Gasteiger partial charge >= 0.3 is 0 Å². The number of anilines is 1. The molecule has 0 aromatic heterocycles. The molecule has 2 N–H and O–H groups in total. The Balaban J connectivity index is 1.95. The summed E-state index contributed by atoms with van der Waals surface area (Å²) in [4.78, 5) is 12.2. The molecule has 0 bridgehead atoms. The molecule has 5 heteroatoms. The molecule has 1 aromatic carbocycles. The second-order valence-electron chi connectivity index (χ2n) is 5.65. The lowest BCUT2D eigenvalue weighted by Crippen LogP contribution is -2.42. The number of hydrogen-bond acceptors (Lipinski definition) is 4. The molecule has 1 saturated carbocycles. The third-order valence-corrected chi connectivity index (χ3v) is 3.94. The van der Waals surface area contributed by atoms with Crippen LogP contribution in [0.3, 0.4) is 0 Å². The predicted octanol–water partition coefficient (Wildman–Crippen LogP) is 2.95. The molecule has 0 saturated heterocycles. The quantitative estimate of drug-likeness (QED) is 0.813. The lowest BCUT2D eigenvalue weighted by molar-refractivity contribution is -0.122. The number of benzene rings is 1. The number of nitrogens with one attached hydrogen (secondary N) is 2. The van der Waals surface area contributed by atoms with Crippen LogP contribution in [0.15, 0.2) is 18.2 Å². The predicted molar refractivity (Wildman–Crippen MR) is 87.6 cm³/mol. The highest BCUT2D eigenvalue weighted by molar-refractivity contribution is 5.84. The van der Waals surface area contributed by atoms with Gasteiger partial charge in [0, 0.05) is 17.8 Å². The number of methoxy groups -OCH3 is 1. The molecule has 5 nitrogen and oxygen atoms in total. The normalized spacial score (nSPS) is 16.1. The third kappa shape index (κ3) is 4.29. The lowest BCUT2D eigenvalue weighted by Gasteiger charge is -2.19. The summed E-state index contributed by atoms with van der Waals surface area (Å²) in [6.45, 7) is 4.39. The Morgan fingerprint density at radius 2 is 2.05 bits per heavy atom. The van der Waals surface area contributed by atoms with Crippen molar-refractivity contribution in [2.75, 3.05) is 19.0 Å². The van der Waals surface area contributed by atoms with Crippen LogP contribution in [-0.4, -0.2) is 31.7 Å². The minimum Gasteiger partial charge on any atom is -0.493 e. The zero-order valence-corrected chi connectivity index (χ0v) is 13.6. The SMILES string of the molecule is CCOc1ccc(N[C@H](C)C(=O)NC2CCCC2)cc1OC. The van der Waals surface area contributed by atoms with Crippen molar-refractivity contribution < 1.29 is 14.3 Å². The van der Waals surface area contributed by atoms with Crippen molar-refractivity contribution in [1.82, 2.24) is 5.32 Å². The highest BCUT2D eigenvalue weighted by Gasteiger charge is 2.20. The highest BCUT2D eigenvalue weighted by atomic mass is 16.5. The second kappa shape index (κ2) is 7.92. The van der Waals surface area contributed by atoms with Crippen LogP contribution in [0.4, 0.5) is 5.69 Å². The second-order valence-corrected chi connectivity index (χ2v) is 5.65. The van der Waals surface area contributed by atoms with Crippen LogP contribution in [-0.2, 0) is 4.79 Å². The summed E-state index contributed by atoms with van der Waals surface area (Å²) in [7, 11) is 1.61. The molecule has 1 atom stereocenters. The van der Waals surface area contributed by atoms with Crippen molar-refractivity contribution in [1.29, 1.82) is 0 Å². The zero-order valence-electron chi connectivity index (χ0n) is 13.6. The van der Waals surface area contributed by atoms with Gasteiger partial charge in [0.2, 0.25) is 5.91 Å². The summed E-state index contributed by atoms with van der Waals surface area (Å²) in [5.41, 5.74) is 0.842. The van der Waals surface area contributed by atoms with E-state index in [0.717, 1.165) is 18.5 Å². The molecule has 0 spiro atoms. The van der Waals surface area contributed by atoms with Gasteiger partial charge in [-0.1, -0.05) is 12.8 Å². The van der Waals surface area contributed by atoms with E-state index in [-0.39, 0.29) is 11.9 Å². The van der Waals surface area contributed by atoms with Crippen molar-refractivity contribution in [2.24, 2.45) is 0 Å². The van der Waals surface area contributed by atoms with E-state index in [4.69, 9.17) is 9.47 Å². The Morgan fingerprint density at radius 3 is 2.68 bits per heavy atom. The topological polar surface area (TPSA) is 59.6 Å². The van der Waals surface area contributed by atoms with Crippen LogP contribution >= 0.6 is 0 Å². The lowest BCUT2D eigenvalue weighted by atomic mass is 10.2. The number of carbonyl (C=O) groups is 1. The molecular weight excluding hydrogens is 280 g/mol. The largest absolute Gasteiger partial charge is 0.493 e. The van der Waals surface area contributed by atoms with Crippen molar-refractivity contribution in [3.8, 4) is 11.5 Å². The molecule has 0 unspecified atom stereocenters. The van der Waals surface area contributed by atoms with Crippen LogP contribution in [0.2, 0.25) is 0 Å². The molecule has 1 aliphatic carbocycles. The third-order valence-electron chi connectivity index (χ3n) is 3.94. The summed E-state index contributed by atoms with van der Waals surface area (Å²) >= 11 is 0. The Kier molecular flexibility index (Phi) is 5.92. The fraction of sp³-hybridized carbons (Fsp3) is 0.588. The van der Waals surface area contributed by atoms with E-state index in [2.05, 4.69) is 10.6 Å². The first-order chi connectivity index (χ1) is 10.6. The van der Waals surface area contributed by atoms with E-state index in [1.165, 1.54) is 12.8 Å². The summed E-state index contributed by atoms with van der Waals surface area (Å²) in [6.07, 6.45) is 4.61. The van der Waals surface area contributed by atoms with Gasteiger partial charge in [-0.3, -0.25) is 4.79 Å². The first kappa shape index (κ1) is 16.5. The molecule has 0 heterocycles. The Labute approximate surface area is 132 Å². The van der Waals surface area contributed by atoms with Gasteiger partial charge < -0.3 is 20.1 Å². The average Bonchev–Trinajstić information content (AvgIpc) is 3.01. The maximum Gasteiger partial charge on any atom is 0.242 e. The van der Waals surface area contributed by atoms with Gasteiger partial charge in [-0.05, 0) is 38.8 Å². The fourth-order valence-corrected chi connectivity index (χ4v) is 2.74. The van der Waals surface area contributed by atoms with E-state index in [1.54, 1.807) is 7.11 Å². The molecule has 22 heavy (non-hydrogen) atoms. The number of carbonyl (C=O) groups excluding carboxylic acids is 1. The Hall–Kier alpha value is -1.91. The summed E-state index contributed by atoms with van der Waals surface area (Å²) in [5, 5.41) is 6.31. The van der Waals surface area contributed by atoms with E-state index in [1.807, 2.05) is 32.0 Å². The van der Waals surface area contributed by atoms with Crippen LogP contribution in [0.5, 0.6) is 11.5 Å². The smallest absolute Gasteiger partial charge is 0.242 e. The van der Waals surface area contributed by atoms with Gasteiger partial charge in [0.05, 0.1) is 13.7 Å². The summed E-state index contributed by atoms with van der Waals surface area (Å²) in [5.74, 6) is 1.41. The maximum atomic E-state index is 12.2. The van der Waals surface area contributed by atoms with Crippen molar-refractivity contribution >= 4 is 11.6 Å². The monoisotopic (exact) mass is 306 g/mol. The molecular formula is C17H26N2O3. The van der Waals surface area contributed by atoms with Gasteiger partial charge in [0.15, 0.2) is 11.5 Å². The maximum absolute atomic E-state index is 12.2. The minimum atomic E-state index is -0.289. The Morgan fingerprint density at radius 1 is 1.32 bits per heavy atom. The number of ether oxygens (including phenoxy) is 2. The van der Waals surface area contributed by atoms with Crippen molar-refractivity contribution in [3.63, 3.8) is 0 Å². The zero-order chi connectivity index (χ0) is 15.9. The van der Waals surface area contributed by atoms with E-state index < -0.39 is 0 Å². The van der Waals surface area contributed by atoms with E-state index in [0.29, 0.717) is 24.1 Å². The molecule has 1 aliphatic rings. The summed E-state index contributed by atoms with van der Waals surface area (Å²) in [6, 6.07) is 5.65. The number of amides is 1. The van der Waals surface area contributed by atoms with Crippen molar-refractivity contribution in [3.05, 3.63) is 18.2 Å². The van der Waals surface area contributed by atoms with Crippen LogP contribution in [0.1, 0.15) is 39.5 Å². The first-order valence-corrected chi connectivity index (χ1v) is 8.01. The molecule has 122 valence electrons. The minimum absolute atomic E-state index is 0.0414. The van der Waals surface area contributed by atoms with Crippen LogP contribution < -0.4 is 20.1 Å². The van der Waals surface area contributed by atoms with Crippen molar-refractivity contribution in [2.45, 2.75) is 51.6 Å². The Bertz CT molecular complexity index is 499. The average molecular weight is 306 g/mol. The summed E-state index contributed by atoms with van der Waals surface area (Å²) < 4.78 is 10.8. The molecule has 2 rings (SSSR count). The van der Waals surface area contributed by atoms with Gasteiger partial charge in [0.1, 0.15) is 6.04 Å². The molecule has 0 radical (unpaired) electrons. The fourth-order valence-electron chi connectivity index (χ4n) is 2.74. The molecule has 0 aliphatic heterocycles. The van der Waals surface area contributed by atoms with Gasteiger partial charge in [0.25, 0.3) is 0 Å². The molecule has 1 aromatic rings. The van der Waals surface area contributed by atoms with E-state index >= 15 is 0 Å². The highest BCUT2D eigenvalue weighted by Crippen LogP contribution is 2.30. The standard InChI is InChI=1S/C17H26N2O3/c1-4-22-15-10-9-14(11-16(15)21-3)18-12(2)17(20)19-13-7-5-6-8-13/h9-13,18H,4-8H2,1-3H3,(H,19,20)/t12-/m1/s1. The molecule has 1 amide bonds. The van der Waals surface area contributed by atoms with Gasteiger partial charge in [-0.2, -0.15) is 0 Å². The first-order valence-electron chi connectivity index (χ1n) is 8.01. The number of rotatable bonds is 7. The number of hydrogen-bond donors (Lipinski definition) is 2. The van der Waals surface area contributed by atoms with Crippen LogP contribution in [0.25, 0.3) is 0 Å².